The van der Waals surface area contributed by atoms with Crippen molar-refractivity contribution in [2.75, 3.05) is 5.75 Å². The van der Waals surface area contributed by atoms with Crippen LogP contribution in [0.1, 0.15) is 50.3 Å². The summed E-state index contributed by atoms with van der Waals surface area (Å²) < 4.78 is 0. The summed E-state index contributed by atoms with van der Waals surface area (Å²) in [7, 11) is 0. The number of unbranched alkanes of at least 4 members (excludes halogenated alkanes) is 1. The van der Waals surface area contributed by atoms with Crippen LogP contribution in [0.2, 0.25) is 0 Å². The first-order valence-corrected chi connectivity index (χ1v) is 9.79. The molecule has 25 heavy (non-hydrogen) atoms. The summed E-state index contributed by atoms with van der Waals surface area (Å²) in [5, 5.41) is 9.52. The van der Waals surface area contributed by atoms with Gasteiger partial charge in [0.2, 0.25) is 0 Å². The van der Waals surface area contributed by atoms with Crippen molar-refractivity contribution >= 4 is 17.5 Å². The fraction of sp³-hybridized carbons (Fsp3) is 0.381. The van der Waals surface area contributed by atoms with Crippen molar-refractivity contribution in [1.29, 1.82) is 5.26 Å². The Balaban J connectivity index is 0.00000151. The van der Waals surface area contributed by atoms with Crippen LogP contribution >= 0.6 is 11.8 Å². The van der Waals surface area contributed by atoms with E-state index in [9.17, 15) is 4.79 Å². The molecule has 0 unspecified atom stereocenters. The van der Waals surface area contributed by atoms with Gasteiger partial charge >= 0.3 is 0 Å². The molecule has 3 nitrogen and oxygen atoms in total. The summed E-state index contributed by atoms with van der Waals surface area (Å²) in [5.74, 6) is 0.603. The van der Waals surface area contributed by atoms with Crippen LogP contribution in [0, 0.1) is 11.3 Å². The van der Waals surface area contributed by atoms with E-state index in [-0.39, 0.29) is 5.78 Å². The number of carbonyl (C=O) groups is 1. The van der Waals surface area contributed by atoms with E-state index >= 15 is 0 Å². The first-order valence-electron chi connectivity index (χ1n) is 8.80. The second kappa shape index (κ2) is 12.3. The number of carbonyl (C=O) groups excluding carboxylic acids is 1. The first-order chi connectivity index (χ1) is 12.2. The van der Waals surface area contributed by atoms with Gasteiger partial charge in [-0.2, -0.15) is 5.26 Å². The molecule has 0 aliphatic carbocycles. The predicted molar refractivity (Wildman–Crippen MR) is 105 cm³/mol. The maximum absolute atomic E-state index is 12.2. The summed E-state index contributed by atoms with van der Waals surface area (Å²) in [5.41, 5.74) is 2.95. The minimum atomic E-state index is 0.199. The van der Waals surface area contributed by atoms with Crippen molar-refractivity contribution in [3.63, 3.8) is 0 Å². The van der Waals surface area contributed by atoms with Crippen LogP contribution in [0.4, 0.5) is 0 Å². The molecular weight excluding hydrogens is 328 g/mol. The Labute approximate surface area is 155 Å². The largest absolute Gasteiger partial charge is 0.298 e. The molecule has 0 radical (unpaired) electrons. The molecule has 1 aromatic carbocycles. The lowest BCUT2D eigenvalue weighted by Gasteiger charge is -2.08. The van der Waals surface area contributed by atoms with Crippen molar-refractivity contribution in [2.45, 2.75) is 51.5 Å². The van der Waals surface area contributed by atoms with Crippen LogP contribution in [0.5, 0.6) is 0 Å². The third-order valence-electron chi connectivity index (χ3n) is 3.55. The lowest BCUT2D eigenvalue weighted by atomic mass is 9.98. The number of Topliss-reactive ketones (excluding diaryl/α,β-unsaturated/α-hetero) is 1. The van der Waals surface area contributed by atoms with Crippen LogP contribution in [0.25, 0.3) is 0 Å². The molecule has 0 bridgehead atoms. The molecule has 0 N–H and O–H groups in total. The molecule has 2 aromatic rings. The topological polar surface area (TPSA) is 53.8 Å². The number of nitrogens with zero attached hydrogens (tertiary/aromatic N) is 2. The fourth-order valence-corrected chi connectivity index (χ4v) is 2.99. The van der Waals surface area contributed by atoms with Gasteiger partial charge in [-0.1, -0.05) is 63.2 Å². The average molecular weight is 355 g/mol. The molecule has 0 aliphatic heterocycles. The van der Waals surface area contributed by atoms with Crippen LogP contribution < -0.4 is 0 Å². The molecule has 0 saturated carbocycles. The summed E-state index contributed by atoms with van der Waals surface area (Å²) >= 11 is 1.42. The molecule has 0 spiro atoms. The molecule has 0 saturated heterocycles. The lowest BCUT2D eigenvalue weighted by Crippen LogP contribution is -2.08. The highest BCUT2D eigenvalue weighted by atomic mass is 32.2. The van der Waals surface area contributed by atoms with Crippen LogP contribution in [-0.2, 0) is 17.6 Å². The zero-order valence-corrected chi connectivity index (χ0v) is 16.1. The number of ketones is 1. The number of hydrogen-bond acceptors (Lipinski definition) is 4. The highest BCUT2D eigenvalue weighted by molar-refractivity contribution is 7.99. The monoisotopic (exact) mass is 354 g/mol. The predicted octanol–water partition coefficient (Wildman–Crippen LogP) is 5.23. The van der Waals surface area contributed by atoms with Gasteiger partial charge in [0.05, 0.1) is 16.3 Å². The van der Waals surface area contributed by atoms with Gasteiger partial charge in [-0.05, 0) is 36.1 Å². The highest BCUT2D eigenvalue weighted by Gasteiger charge is 2.09. The zero-order chi connectivity index (χ0) is 18.5. The van der Waals surface area contributed by atoms with Crippen LogP contribution in [0.3, 0.4) is 0 Å². The first kappa shape index (κ1) is 20.9. The standard InChI is InChI=1S/C19H20N2OS.C2H6/c1-2-3-6-16-7-4-5-8-17(16)11-18(22)14-23-19-10-9-15(12-20)13-21-19;1-2/h4-5,7-10,13H,2-3,6,11,14H2,1H3;1-2H3. The molecule has 1 aromatic heterocycles. The Morgan fingerprint density at radius 3 is 2.48 bits per heavy atom. The third kappa shape index (κ3) is 7.53. The Hall–Kier alpha value is -2.12. The normalized spacial score (nSPS) is 9.68. The Kier molecular flexibility index (Phi) is 10.3. The summed E-state index contributed by atoms with van der Waals surface area (Å²) in [4.78, 5) is 16.4. The van der Waals surface area contributed by atoms with E-state index in [2.05, 4.69) is 18.0 Å². The van der Waals surface area contributed by atoms with Gasteiger partial charge in [-0.15, -0.1) is 0 Å². The average Bonchev–Trinajstić information content (AvgIpc) is 2.67. The second-order valence-corrected chi connectivity index (χ2v) is 6.37. The van der Waals surface area contributed by atoms with Crippen molar-refractivity contribution in [3.8, 4) is 6.07 Å². The van der Waals surface area contributed by atoms with Gasteiger partial charge in [-0.3, -0.25) is 4.79 Å². The lowest BCUT2D eigenvalue weighted by molar-refractivity contribution is -0.116. The van der Waals surface area contributed by atoms with E-state index in [0.29, 0.717) is 17.7 Å². The number of aryl methyl sites for hydroxylation is 1. The van der Waals surface area contributed by atoms with Crippen molar-refractivity contribution < 1.29 is 4.79 Å². The Bertz CT molecular complexity index is 690. The number of rotatable bonds is 8. The Morgan fingerprint density at radius 2 is 1.88 bits per heavy atom. The molecule has 0 amide bonds. The highest BCUT2D eigenvalue weighted by Crippen LogP contribution is 2.18. The molecular formula is C21H26N2OS. The van der Waals surface area contributed by atoms with E-state index in [0.717, 1.165) is 29.9 Å². The van der Waals surface area contributed by atoms with Crippen LogP contribution in [0.15, 0.2) is 47.6 Å². The van der Waals surface area contributed by atoms with E-state index in [4.69, 9.17) is 5.26 Å². The summed E-state index contributed by atoms with van der Waals surface area (Å²) in [6.07, 6.45) is 5.35. The van der Waals surface area contributed by atoms with E-state index < -0.39 is 0 Å². The molecule has 0 aliphatic rings. The zero-order valence-electron chi connectivity index (χ0n) is 15.3. The second-order valence-electron chi connectivity index (χ2n) is 5.37. The van der Waals surface area contributed by atoms with E-state index in [1.165, 1.54) is 23.5 Å². The maximum atomic E-state index is 12.2. The van der Waals surface area contributed by atoms with Crippen molar-refractivity contribution in [1.82, 2.24) is 4.98 Å². The smallest absolute Gasteiger partial charge is 0.147 e. The van der Waals surface area contributed by atoms with Gasteiger partial charge in [0.15, 0.2) is 0 Å². The van der Waals surface area contributed by atoms with Gasteiger partial charge in [0, 0.05) is 12.6 Å². The molecule has 0 fully saturated rings. The van der Waals surface area contributed by atoms with Gasteiger partial charge in [0.1, 0.15) is 11.9 Å². The molecule has 1 heterocycles. The SMILES string of the molecule is CC.CCCCc1ccccc1CC(=O)CSc1ccc(C#N)cn1. The number of hydrogen-bond donors (Lipinski definition) is 0. The number of aromatic nitrogens is 1. The van der Waals surface area contributed by atoms with E-state index in [1.54, 1.807) is 12.1 Å². The Morgan fingerprint density at radius 1 is 1.16 bits per heavy atom. The summed E-state index contributed by atoms with van der Waals surface area (Å²) in [6.45, 7) is 6.18. The van der Waals surface area contributed by atoms with Crippen LogP contribution in [-0.4, -0.2) is 16.5 Å². The molecule has 4 heteroatoms. The maximum Gasteiger partial charge on any atom is 0.147 e. The minimum absolute atomic E-state index is 0.199. The number of thioether (sulfide) groups is 1. The third-order valence-corrected chi connectivity index (χ3v) is 4.56. The molecule has 0 atom stereocenters. The van der Waals surface area contributed by atoms with Gasteiger partial charge < -0.3 is 0 Å². The molecule has 2 rings (SSSR count). The summed E-state index contributed by atoms with van der Waals surface area (Å²) in [6, 6.07) is 13.7. The quantitative estimate of drug-likeness (QED) is 0.609. The minimum Gasteiger partial charge on any atom is -0.298 e. The fourth-order valence-electron chi connectivity index (χ4n) is 2.29. The number of benzene rings is 1. The van der Waals surface area contributed by atoms with E-state index in [1.807, 2.05) is 38.1 Å². The van der Waals surface area contributed by atoms with Gasteiger partial charge in [-0.25, -0.2) is 4.98 Å². The van der Waals surface area contributed by atoms with Gasteiger partial charge in [0.25, 0.3) is 0 Å². The molecule has 132 valence electrons. The number of nitriles is 1. The van der Waals surface area contributed by atoms with Crippen molar-refractivity contribution in [2.24, 2.45) is 0 Å². The van der Waals surface area contributed by atoms with Crippen molar-refractivity contribution in [3.05, 3.63) is 59.3 Å². The number of pyridine rings is 1.